The molecule has 0 aromatic heterocycles. The smallest absolute Gasteiger partial charge is 0.255 e. The van der Waals surface area contributed by atoms with Crippen LogP contribution in [0.2, 0.25) is 0 Å². The number of aliphatic hydroxyl groups excluding tert-OH is 3. The highest BCUT2D eigenvalue weighted by molar-refractivity contribution is 6.24. The Morgan fingerprint density at radius 2 is 1.74 bits per heavy atom. The second kappa shape index (κ2) is 8.67. The van der Waals surface area contributed by atoms with Crippen molar-refractivity contribution in [2.45, 2.75) is 30.6 Å². The van der Waals surface area contributed by atoms with Gasteiger partial charge >= 0.3 is 0 Å². The maximum absolute atomic E-state index is 13.7. The molecule has 4 rings (SSSR count). The van der Waals surface area contributed by atoms with Crippen LogP contribution in [0.5, 0.6) is 5.75 Å². The Labute approximate surface area is 200 Å². The number of carbonyl (C=O) groups excluding carboxylic acids is 3. The molecule has 0 saturated heterocycles. The van der Waals surface area contributed by atoms with Crippen LogP contribution < -0.4 is 5.73 Å². The molecule has 0 radical (unpaired) electrons. The number of rotatable bonds is 2. The number of aliphatic hydroxyl groups is 4. The maximum atomic E-state index is 13.7. The second-order valence-corrected chi connectivity index (χ2v) is 8.79. The fourth-order valence-electron chi connectivity index (χ4n) is 5.58. The molecule has 0 spiro atoms. The van der Waals surface area contributed by atoms with Crippen molar-refractivity contribution >= 4 is 35.6 Å². The van der Waals surface area contributed by atoms with Crippen LogP contribution in [0.3, 0.4) is 0 Å². The number of nitrogens with zero attached hydrogens (tertiary/aromatic N) is 1. The standard InChI is InChI=1S/C22H24N2O8.ClH.H2O/c1-7-8-5-4-6-9(25)11(8)16(26)12-10(7)17(27)14-15(24(2)3)18(28)13(21(23)31)20(30)22(14,32)19(12)29;;/h4-7,10,14-15,17,25-27,30,32H,1-3H3,(H2,23,31);1H;1H2/t7-,10+,14+,15-,17-,22-;;/m0../s1. The lowest BCUT2D eigenvalue weighted by Gasteiger charge is -2.53. The van der Waals surface area contributed by atoms with E-state index in [0.29, 0.717) is 5.56 Å². The first-order valence-electron chi connectivity index (χ1n) is 10.0. The van der Waals surface area contributed by atoms with Crippen LogP contribution in [0.25, 0.3) is 5.76 Å². The lowest BCUT2D eigenvalue weighted by Crippen LogP contribution is -2.70. The van der Waals surface area contributed by atoms with Crippen LogP contribution in [0.15, 0.2) is 35.1 Å². The summed E-state index contributed by atoms with van der Waals surface area (Å²) < 4.78 is 0. The average molecular weight is 499 g/mol. The summed E-state index contributed by atoms with van der Waals surface area (Å²) in [5, 5.41) is 54.9. The molecule has 0 bridgehead atoms. The van der Waals surface area contributed by atoms with Crippen LogP contribution in [0, 0.1) is 11.8 Å². The van der Waals surface area contributed by atoms with Crippen LogP contribution in [0.4, 0.5) is 0 Å². The van der Waals surface area contributed by atoms with E-state index in [9.17, 15) is 39.9 Å². The van der Waals surface area contributed by atoms with Gasteiger partial charge in [0.2, 0.25) is 5.78 Å². The minimum absolute atomic E-state index is 0. The molecule has 1 amide bonds. The molecule has 0 heterocycles. The Morgan fingerprint density at radius 3 is 2.26 bits per heavy atom. The molecule has 11 nitrogen and oxygen atoms in total. The van der Waals surface area contributed by atoms with Gasteiger partial charge in [-0.3, -0.25) is 19.3 Å². The molecule has 1 fully saturated rings. The van der Waals surface area contributed by atoms with E-state index in [1.165, 1.54) is 25.1 Å². The zero-order chi connectivity index (χ0) is 23.9. The van der Waals surface area contributed by atoms with E-state index in [1.807, 2.05) is 0 Å². The fraction of sp³-hybridized carbons (Fsp3) is 0.409. The van der Waals surface area contributed by atoms with E-state index in [4.69, 9.17) is 5.73 Å². The molecule has 12 heteroatoms. The predicted molar refractivity (Wildman–Crippen MR) is 121 cm³/mol. The number of amides is 1. The molecule has 1 aromatic rings. The number of primary amides is 1. The van der Waals surface area contributed by atoms with Crippen molar-refractivity contribution in [2.75, 3.05) is 14.1 Å². The second-order valence-electron chi connectivity index (χ2n) is 8.79. The Hall–Kier alpha value is -2.96. The SMILES string of the molecule is C[C@H]1c2cccc(O)c2C(O)=C2C(=O)[C@]3(O)C(O)=C(C(N)=O)C(=O)[C@@H](N(C)C)[C@@H]3[C@@H](O)[C@@H]21.Cl.O. The molecule has 186 valence electrons. The molecule has 34 heavy (non-hydrogen) atoms. The minimum atomic E-state index is -2.89. The normalized spacial score (nSPS) is 32.4. The lowest BCUT2D eigenvalue weighted by molar-refractivity contribution is -0.169. The Kier molecular flexibility index (Phi) is 6.96. The topological polar surface area (TPSA) is 213 Å². The number of hydrogen-bond donors (Lipinski definition) is 6. The highest BCUT2D eigenvalue weighted by Gasteiger charge is 2.68. The number of benzene rings is 1. The number of hydrogen-bond acceptors (Lipinski definition) is 9. The van der Waals surface area contributed by atoms with Gasteiger partial charge in [-0.1, -0.05) is 19.1 Å². The quantitative estimate of drug-likeness (QED) is 0.278. The molecule has 1 saturated carbocycles. The highest BCUT2D eigenvalue weighted by atomic mass is 35.5. The summed E-state index contributed by atoms with van der Waals surface area (Å²) in [6.45, 7) is 1.68. The number of carbonyl (C=O) groups is 3. The summed E-state index contributed by atoms with van der Waals surface area (Å²) in [4.78, 5) is 40.0. The molecular weight excluding hydrogens is 472 g/mol. The zero-order valence-electron chi connectivity index (χ0n) is 18.5. The van der Waals surface area contributed by atoms with Gasteiger partial charge < -0.3 is 36.7 Å². The molecule has 0 aliphatic heterocycles. The number of fused-ring (bicyclic) bond motifs is 3. The number of halogens is 1. The molecule has 6 atom stereocenters. The number of Topliss-reactive ketones (excluding diaryl/α,β-unsaturated/α-hetero) is 2. The summed E-state index contributed by atoms with van der Waals surface area (Å²) >= 11 is 0. The van der Waals surface area contributed by atoms with E-state index in [-0.39, 0.29) is 29.2 Å². The number of ketones is 2. The Morgan fingerprint density at radius 1 is 1.15 bits per heavy atom. The van der Waals surface area contributed by atoms with E-state index in [2.05, 4.69) is 0 Å². The number of phenolic OH excluding ortho intramolecular Hbond substituents is 1. The highest BCUT2D eigenvalue weighted by Crippen LogP contribution is 2.55. The first-order chi connectivity index (χ1) is 14.9. The largest absolute Gasteiger partial charge is 0.508 e. The van der Waals surface area contributed by atoms with Crippen LogP contribution >= 0.6 is 12.4 Å². The van der Waals surface area contributed by atoms with Crippen molar-refractivity contribution in [3.05, 3.63) is 46.2 Å². The molecular formula is C22H27ClN2O9. The maximum Gasteiger partial charge on any atom is 0.255 e. The Bertz CT molecular complexity index is 1150. The van der Waals surface area contributed by atoms with Gasteiger partial charge in [0.1, 0.15) is 22.8 Å². The van der Waals surface area contributed by atoms with E-state index in [1.54, 1.807) is 19.1 Å². The summed E-state index contributed by atoms with van der Waals surface area (Å²) in [7, 11) is 2.92. The average Bonchev–Trinajstić information content (AvgIpc) is 2.70. The van der Waals surface area contributed by atoms with Gasteiger partial charge in [0, 0.05) is 11.5 Å². The van der Waals surface area contributed by atoms with Gasteiger partial charge in [-0.05, 0) is 31.6 Å². The lowest BCUT2D eigenvalue weighted by atomic mass is 9.54. The van der Waals surface area contributed by atoms with Crippen molar-refractivity contribution in [1.82, 2.24) is 4.90 Å². The van der Waals surface area contributed by atoms with Crippen molar-refractivity contribution in [1.29, 1.82) is 0 Å². The van der Waals surface area contributed by atoms with Crippen LogP contribution in [-0.4, -0.2) is 85.2 Å². The monoisotopic (exact) mass is 498 g/mol. The Balaban J connectivity index is 0.00000204. The van der Waals surface area contributed by atoms with E-state index >= 15 is 0 Å². The number of aromatic hydroxyl groups is 1. The number of phenols is 1. The van der Waals surface area contributed by atoms with Crippen molar-refractivity contribution in [3.63, 3.8) is 0 Å². The first-order valence-corrected chi connectivity index (χ1v) is 10.0. The third-order valence-electron chi connectivity index (χ3n) is 6.99. The molecule has 3 aliphatic carbocycles. The number of nitrogens with two attached hydrogens (primary N) is 1. The van der Waals surface area contributed by atoms with Gasteiger partial charge in [-0.2, -0.15) is 0 Å². The van der Waals surface area contributed by atoms with Crippen molar-refractivity contribution in [2.24, 2.45) is 17.6 Å². The molecule has 9 N–H and O–H groups in total. The van der Waals surface area contributed by atoms with E-state index in [0.717, 1.165) is 0 Å². The van der Waals surface area contributed by atoms with Gasteiger partial charge in [-0.15, -0.1) is 12.4 Å². The first kappa shape index (κ1) is 27.3. The minimum Gasteiger partial charge on any atom is -0.508 e. The summed E-state index contributed by atoms with van der Waals surface area (Å²) in [5.41, 5.74) is 1.47. The molecule has 0 unspecified atom stereocenters. The molecule has 1 aromatic carbocycles. The third kappa shape index (κ3) is 3.16. The number of likely N-dealkylation sites (N-methyl/N-ethyl adjacent to an activating group) is 1. The third-order valence-corrected chi connectivity index (χ3v) is 6.99. The van der Waals surface area contributed by atoms with E-state index < -0.39 is 75.6 Å². The van der Waals surface area contributed by atoms with Crippen LogP contribution in [-0.2, 0) is 14.4 Å². The van der Waals surface area contributed by atoms with Crippen molar-refractivity contribution < 1.29 is 45.4 Å². The van der Waals surface area contributed by atoms with Crippen LogP contribution in [0.1, 0.15) is 24.0 Å². The summed E-state index contributed by atoms with van der Waals surface area (Å²) in [6, 6.07) is 3.13. The van der Waals surface area contributed by atoms with Gasteiger partial charge in [0.15, 0.2) is 11.4 Å². The fourth-order valence-corrected chi connectivity index (χ4v) is 5.58. The predicted octanol–water partition coefficient (Wildman–Crippen LogP) is -0.907. The van der Waals surface area contributed by atoms with Gasteiger partial charge in [0.05, 0.1) is 23.6 Å². The van der Waals surface area contributed by atoms with Gasteiger partial charge in [-0.25, -0.2) is 0 Å². The summed E-state index contributed by atoms with van der Waals surface area (Å²) in [5.74, 6) is -8.87. The van der Waals surface area contributed by atoms with Crippen molar-refractivity contribution in [3.8, 4) is 5.75 Å². The zero-order valence-corrected chi connectivity index (χ0v) is 19.3. The molecule has 3 aliphatic rings. The summed E-state index contributed by atoms with van der Waals surface area (Å²) in [6.07, 6.45) is -1.59. The van der Waals surface area contributed by atoms with Gasteiger partial charge in [0.25, 0.3) is 5.91 Å².